The average Bonchev–Trinajstić information content (AvgIpc) is 2.72. The fourth-order valence-electron chi connectivity index (χ4n) is 1.89. The number of esters is 1. The van der Waals surface area contributed by atoms with Crippen molar-refractivity contribution in [2.45, 2.75) is 18.4 Å². The number of rotatable bonds is 3. The first-order valence-electron chi connectivity index (χ1n) is 5.10. The van der Waals surface area contributed by atoms with Gasteiger partial charge in [-0.05, 0) is 17.7 Å². The number of carbonyl (C=O) groups excluding carboxylic acids is 1. The van der Waals surface area contributed by atoms with Crippen LogP contribution in [0.1, 0.15) is 18.4 Å². The number of alkyl halides is 1. The number of nitrogens with zero attached hydrogens (tertiary/aromatic N) is 1. The van der Waals surface area contributed by atoms with Crippen molar-refractivity contribution in [3.8, 4) is 0 Å². The van der Waals surface area contributed by atoms with E-state index < -0.39 is 10.5 Å². The summed E-state index contributed by atoms with van der Waals surface area (Å²) in [6.45, 7) is 0. The van der Waals surface area contributed by atoms with Crippen LogP contribution in [-0.2, 0) is 15.1 Å². The summed E-state index contributed by atoms with van der Waals surface area (Å²) in [6, 6.07) is 6.12. The second-order valence-electron chi connectivity index (χ2n) is 3.91. The molecule has 17 heavy (non-hydrogen) atoms. The summed E-state index contributed by atoms with van der Waals surface area (Å²) >= 11 is 3.33. The van der Waals surface area contributed by atoms with E-state index >= 15 is 0 Å². The molecule has 0 spiro atoms. The number of cyclic esters (lactones) is 1. The largest absolute Gasteiger partial charge is 0.453 e. The molecule has 0 unspecified atom stereocenters. The molecule has 1 saturated heterocycles. The van der Waals surface area contributed by atoms with E-state index in [1.54, 1.807) is 12.1 Å². The molecule has 0 amide bonds. The maximum atomic E-state index is 11.2. The van der Waals surface area contributed by atoms with E-state index in [9.17, 15) is 14.9 Å². The highest BCUT2D eigenvalue weighted by Crippen LogP contribution is 2.38. The monoisotopic (exact) mass is 299 g/mol. The zero-order valence-corrected chi connectivity index (χ0v) is 10.5. The molecule has 1 aliphatic heterocycles. The van der Waals surface area contributed by atoms with E-state index in [0.717, 1.165) is 5.56 Å². The Morgan fingerprint density at radius 2 is 2.06 bits per heavy atom. The molecule has 5 nitrogen and oxygen atoms in total. The summed E-state index contributed by atoms with van der Waals surface area (Å²) in [4.78, 5) is 21.3. The average molecular weight is 300 g/mol. The van der Waals surface area contributed by atoms with Gasteiger partial charge in [-0.25, -0.2) is 0 Å². The van der Waals surface area contributed by atoms with E-state index in [-0.39, 0.29) is 11.7 Å². The third kappa shape index (κ3) is 2.17. The Balaban J connectivity index is 2.32. The lowest BCUT2D eigenvalue weighted by Gasteiger charge is -2.25. The normalized spacial score (nSPS) is 23.5. The van der Waals surface area contributed by atoms with Gasteiger partial charge in [0, 0.05) is 30.3 Å². The van der Waals surface area contributed by atoms with Gasteiger partial charge in [-0.1, -0.05) is 15.9 Å². The van der Waals surface area contributed by atoms with E-state index in [2.05, 4.69) is 15.9 Å². The fourth-order valence-corrected chi connectivity index (χ4v) is 2.60. The number of ether oxygens (including phenoxy) is 1. The molecular weight excluding hydrogens is 290 g/mol. The third-order valence-corrected chi connectivity index (χ3v) is 3.77. The van der Waals surface area contributed by atoms with Crippen LogP contribution in [0.3, 0.4) is 0 Å². The third-order valence-electron chi connectivity index (χ3n) is 2.86. The number of nitro groups is 1. The second-order valence-corrected chi connectivity index (χ2v) is 4.47. The quantitative estimate of drug-likeness (QED) is 0.372. The van der Waals surface area contributed by atoms with Gasteiger partial charge in [-0.15, -0.1) is 0 Å². The van der Waals surface area contributed by atoms with Crippen LogP contribution in [0.4, 0.5) is 5.69 Å². The Hall–Kier alpha value is -1.43. The molecule has 0 radical (unpaired) electrons. The number of non-ortho nitro benzene ring substituents is 1. The van der Waals surface area contributed by atoms with Crippen LogP contribution in [0.2, 0.25) is 0 Å². The van der Waals surface area contributed by atoms with Crippen LogP contribution in [0.25, 0.3) is 0 Å². The van der Waals surface area contributed by atoms with E-state index in [4.69, 9.17) is 4.74 Å². The van der Waals surface area contributed by atoms with Crippen LogP contribution in [0, 0.1) is 10.1 Å². The molecule has 1 fully saturated rings. The minimum absolute atomic E-state index is 0.0304. The summed E-state index contributed by atoms with van der Waals surface area (Å²) in [5, 5.41) is 11.0. The molecule has 0 N–H and O–H groups in total. The van der Waals surface area contributed by atoms with Crippen LogP contribution in [-0.4, -0.2) is 16.2 Å². The summed E-state index contributed by atoms with van der Waals surface area (Å²) in [5.41, 5.74) is 0.139. The molecule has 1 aromatic carbocycles. The molecule has 0 saturated carbocycles. The molecule has 1 heterocycles. The summed E-state index contributed by atoms with van der Waals surface area (Å²) in [5.74, 6) is -0.234. The number of nitro benzene ring substituents is 1. The molecule has 1 atom stereocenters. The summed E-state index contributed by atoms with van der Waals surface area (Å²) in [6.07, 6.45) is 0.970. The fraction of sp³-hybridized carbons (Fsp3) is 0.364. The highest BCUT2D eigenvalue weighted by molar-refractivity contribution is 9.09. The molecule has 0 aliphatic carbocycles. The zero-order valence-electron chi connectivity index (χ0n) is 8.89. The van der Waals surface area contributed by atoms with E-state index in [0.29, 0.717) is 18.2 Å². The number of benzene rings is 1. The van der Waals surface area contributed by atoms with Crippen LogP contribution in [0.15, 0.2) is 24.3 Å². The second kappa shape index (κ2) is 4.44. The molecule has 1 aliphatic rings. The lowest BCUT2D eigenvalue weighted by molar-refractivity contribution is -0.384. The van der Waals surface area contributed by atoms with Gasteiger partial charge in [0.05, 0.1) is 4.92 Å². The van der Waals surface area contributed by atoms with Crippen LogP contribution in [0.5, 0.6) is 0 Å². The minimum atomic E-state index is -0.674. The van der Waals surface area contributed by atoms with Crippen LogP contribution < -0.4 is 0 Å². The minimum Gasteiger partial charge on any atom is -0.453 e. The lowest BCUT2D eigenvalue weighted by Crippen LogP contribution is -2.27. The smallest absolute Gasteiger partial charge is 0.306 e. The van der Waals surface area contributed by atoms with Crippen molar-refractivity contribution in [3.05, 3.63) is 39.9 Å². The Labute approximate surface area is 106 Å². The van der Waals surface area contributed by atoms with Gasteiger partial charge in [0.2, 0.25) is 0 Å². The van der Waals surface area contributed by atoms with Crippen molar-refractivity contribution in [2.24, 2.45) is 0 Å². The molecule has 90 valence electrons. The molecule has 0 aromatic heterocycles. The number of hydrogen-bond acceptors (Lipinski definition) is 4. The summed E-state index contributed by atoms with van der Waals surface area (Å²) in [7, 11) is 0. The van der Waals surface area contributed by atoms with Crippen molar-refractivity contribution in [2.75, 3.05) is 5.33 Å². The highest BCUT2D eigenvalue weighted by Gasteiger charge is 2.41. The van der Waals surface area contributed by atoms with Crippen molar-refractivity contribution < 1.29 is 14.5 Å². The van der Waals surface area contributed by atoms with Gasteiger partial charge in [0.1, 0.15) is 5.60 Å². The predicted molar refractivity (Wildman–Crippen MR) is 63.9 cm³/mol. The van der Waals surface area contributed by atoms with Crippen molar-refractivity contribution in [3.63, 3.8) is 0 Å². The Morgan fingerprint density at radius 1 is 1.41 bits per heavy atom. The molecule has 6 heteroatoms. The first-order valence-corrected chi connectivity index (χ1v) is 6.22. The van der Waals surface area contributed by atoms with Gasteiger partial charge in [0.25, 0.3) is 5.69 Å². The lowest BCUT2D eigenvalue weighted by atomic mass is 9.93. The van der Waals surface area contributed by atoms with Gasteiger partial charge in [-0.2, -0.15) is 0 Å². The number of halogens is 1. The number of carbonyl (C=O) groups is 1. The van der Waals surface area contributed by atoms with Gasteiger partial charge < -0.3 is 4.74 Å². The van der Waals surface area contributed by atoms with Crippen LogP contribution >= 0.6 is 15.9 Å². The summed E-state index contributed by atoms with van der Waals surface area (Å²) < 4.78 is 5.33. The molecule has 2 rings (SSSR count). The first kappa shape index (κ1) is 12.0. The topological polar surface area (TPSA) is 69.4 Å². The zero-order chi connectivity index (χ0) is 12.5. The van der Waals surface area contributed by atoms with Gasteiger partial charge >= 0.3 is 5.97 Å². The SMILES string of the molecule is O=C1CC[C@](CBr)(c2ccc([N+](=O)[O-])cc2)O1. The Kier molecular flexibility index (Phi) is 3.15. The number of hydrogen-bond donors (Lipinski definition) is 0. The van der Waals surface area contributed by atoms with Crippen molar-refractivity contribution in [1.82, 2.24) is 0 Å². The molecule has 0 bridgehead atoms. The van der Waals surface area contributed by atoms with E-state index in [1.807, 2.05) is 0 Å². The Morgan fingerprint density at radius 3 is 2.47 bits per heavy atom. The predicted octanol–water partition coefficient (Wildman–Crippen LogP) is 2.52. The standard InChI is InChI=1S/C11H10BrNO4/c12-7-11(6-5-10(14)17-11)8-1-3-9(4-2-8)13(15)16/h1-4H,5-7H2/t11-/m0/s1. The van der Waals surface area contributed by atoms with Crippen molar-refractivity contribution >= 4 is 27.6 Å². The van der Waals surface area contributed by atoms with Gasteiger partial charge in [0.15, 0.2) is 0 Å². The molecule has 1 aromatic rings. The van der Waals surface area contributed by atoms with Crippen molar-refractivity contribution in [1.29, 1.82) is 0 Å². The van der Waals surface area contributed by atoms with E-state index in [1.165, 1.54) is 12.1 Å². The Bertz CT molecular complexity index is 459. The maximum absolute atomic E-state index is 11.2. The first-order chi connectivity index (χ1) is 8.07. The maximum Gasteiger partial charge on any atom is 0.306 e. The molecular formula is C11H10BrNO4. The highest BCUT2D eigenvalue weighted by atomic mass is 79.9. The van der Waals surface area contributed by atoms with Gasteiger partial charge in [-0.3, -0.25) is 14.9 Å².